The standard InChI is InChI=1S/C10H16N4S/c1-7-4-2-3-5-14(7)10-13-6-8(15-10)9(11)12/h6-7H,2-5H2,1H3,(H3,11,12). The molecule has 1 unspecified atom stereocenters. The first-order chi connectivity index (χ1) is 7.18. The summed E-state index contributed by atoms with van der Waals surface area (Å²) in [5, 5.41) is 8.35. The average Bonchev–Trinajstić information content (AvgIpc) is 2.67. The van der Waals surface area contributed by atoms with Gasteiger partial charge in [0.15, 0.2) is 5.13 Å². The maximum atomic E-state index is 7.34. The van der Waals surface area contributed by atoms with E-state index in [9.17, 15) is 0 Å². The third-order valence-electron chi connectivity index (χ3n) is 2.81. The van der Waals surface area contributed by atoms with Crippen LogP contribution in [0.1, 0.15) is 31.1 Å². The molecule has 1 aliphatic rings. The van der Waals surface area contributed by atoms with E-state index in [1.165, 1.54) is 30.6 Å². The highest BCUT2D eigenvalue weighted by atomic mass is 32.1. The first-order valence-corrected chi connectivity index (χ1v) is 6.07. The van der Waals surface area contributed by atoms with Gasteiger partial charge in [-0.1, -0.05) is 11.3 Å². The summed E-state index contributed by atoms with van der Waals surface area (Å²) in [5.41, 5.74) is 5.43. The van der Waals surface area contributed by atoms with Crippen molar-refractivity contribution in [1.29, 1.82) is 5.41 Å². The number of amidine groups is 1. The van der Waals surface area contributed by atoms with Gasteiger partial charge in [-0.25, -0.2) is 4.98 Å². The van der Waals surface area contributed by atoms with E-state index < -0.39 is 0 Å². The average molecular weight is 224 g/mol. The van der Waals surface area contributed by atoms with E-state index in [1.807, 2.05) is 0 Å². The molecule has 0 aromatic carbocycles. The summed E-state index contributed by atoms with van der Waals surface area (Å²) in [6.45, 7) is 3.31. The predicted molar refractivity (Wildman–Crippen MR) is 63.8 cm³/mol. The van der Waals surface area contributed by atoms with E-state index in [1.54, 1.807) is 6.20 Å². The number of rotatable bonds is 2. The minimum absolute atomic E-state index is 0.114. The van der Waals surface area contributed by atoms with Crippen LogP contribution in [0.3, 0.4) is 0 Å². The van der Waals surface area contributed by atoms with Crippen molar-refractivity contribution in [3.63, 3.8) is 0 Å². The molecule has 1 atom stereocenters. The lowest BCUT2D eigenvalue weighted by Gasteiger charge is -2.32. The Bertz CT molecular complexity index is 360. The highest BCUT2D eigenvalue weighted by Gasteiger charge is 2.21. The van der Waals surface area contributed by atoms with E-state index in [2.05, 4.69) is 16.8 Å². The molecule has 4 nitrogen and oxygen atoms in total. The summed E-state index contributed by atoms with van der Waals surface area (Å²) in [4.78, 5) is 7.42. The quantitative estimate of drug-likeness (QED) is 0.594. The Kier molecular flexibility index (Phi) is 2.90. The van der Waals surface area contributed by atoms with Crippen molar-refractivity contribution in [2.45, 2.75) is 32.2 Å². The molecular formula is C10H16N4S. The first-order valence-electron chi connectivity index (χ1n) is 5.25. The van der Waals surface area contributed by atoms with E-state index in [0.717, 1.165) is 16.6 Å². The summed E-state index contributed by atoms with van der Waals surface area (Å²) in [7, 11) is 0. The summed E-state index contributed by atoms with van der Waals surface area (Å²) < 4.78 is 0. The molecule has 0 amide bonds. The van der Waals surface area contributed by atoms with Gasteiger partial charge in [-0.15, -0.1) is 0 Å². The zero-order valence-corrected chi connectivity index (χ0v) is 9.68. The van der Waals surface area contributed by atoms with Gasteiger partial charge in [0.25, 0.3) is 0 Å². The molecule has 2 rings (SSSR count). The minimum atomic E-state index is 0.114. The molecule has 1 fully saturated rings. The van der Waals surface area contributed by atoms with Crippen molar-refractivity contribution in [2.24, 2.45) is 5.73 Å². The van der Waals surface area contributed by atoms with Crippen LogP contribution in [0, 0.1) is 5.41 Å². The molecule has 1 aromatic heterocycles. The topological polar surface area (TPSA) is 66.0 Å². The van der Waals surface area contributed by atoms with Gasteiger partial charge in [-0.2, -0.15) is 0 Å². The molecule has 15 heavy (non-hydrogen) atoms. The van der Waals surface area contributed by atoms with E-state index in [4.69, 9.17) is 11.1 Å². The van der Waals surface area contributed by atoms with Gasteiger partial charge in [-0.3, -0.25) is 5.41 Å². The molecule has 0 bridgehead atoms. The van der Waals surface area contributed by atoms with Crippen LogP contribution in [-0.4, -0.2) is 23.4 Å². The second-order valence-corrected chi connectivity index (χ2v) is 4.97. The fraction of sp³-hybridized carbons (Fsp3) is 0.600. The number of nitrogens with two attached hydrogens (primary N) is 1. The Morgan fingerprint density at radius 3 is 3.07 bits per heavy atom. The Labute approximate surface area is 93.6 Å². The van der Waals surface area contributed by atoms with Crippen molar-refractivity contribution in [1.82, 2.24) is 4.98 Å². The number of hydrogen-bond donors (Lipinski definition) is 2. The molecule has 0 aliphatic carbocycles. The molecule has 2 heterocycles. The van der Waals surface area contributed by atoms with Crippen LogP contribution in [-0.2, 0) is 0 Å². The van der Waals surface area contributed by atoms with Crippen LogP contribution in [0.4, 0.5) is 5.13 Å². The van der Waals surface area contributed by atoms with Gasteiger partial charge in [0.1, 0.15) is 5.84 Å². The molecule has 0 radical (unpaired) electrons. The van der Waals surface area contributed by atoms with Gasteiger partial charge < -0.3 is 10.6 Å². The maximum absolute atomic E-state index is 7.34. The maximum Gasteiger partial charge on any atom is 0.186 e. The SMILES string of the molecule is CC1CCCCN1c1ncc(C(=N)N)s1. The van der Waals surface area contributed by atoms with Crippen LogP contribution < -0.4 is 10.6 Å². The summed E-state index contributed by atoms with van der Waals surface area (Å²) in [6, 6.07) is 0.560. The number of nitrogens with zero attached hydrogens (tertiary/aromatic N) is 2. The number of nitrogens with one attached hydrogen (secondary N) is 1. The number of hydrogen-bond acceptors (Lipinski definition) is 4. The Hall–Kier alpha value is -1.10. The lowest BCUT2D eigenvalue weighted by atomic mass is 10.1. The van der Waals surface area contributed by atoms with Crippen molar-refractivity contribution in [3.05, 3.63) is 11.1 Å². The highest BCUT2D eigenvalue weighted by molar-refractivity contribution is 7.17. The molecule has 0 spiro atoms. The third kappa shape index (κ3) is 2.12. The number of aromatic nitrogens is 1. The lowest BCUT2D eigenvalue weighted by Crippen LogP contribution is -2.37. The van der Waals surface area contributed by atoms with Gasteiger partial charge >= 0.3 is 0 Å². The molecule has 1 aromatic rings. The van der Waals surface area contributed by atoms with Crippen LogP contribution >= 0.6 is 11.3 Å². The number of thiazole rings is 1. The second-order valence-electron chi connectivity index (χ2n) is 3.96. The van der Waals surface area contributed by atoms with E-state index in [-0.39, 0.29) is 5.84 Å². The smallest absolute Gasteiger partial charge is 0.186 e. The Morgan fingerprint density at radius 1 is 1.67 bits per heavy atom. The van der Waals surface area contributed by atoms with Crippen LogP contribution in [0.5, 0.6) is 0 Å². The van der Waals surface area contributed by atoms with Crippen molar-refractivity contribution < 1.29 is 0 Å². The zero-order valence-electron chi connectivity index (χ0n) is 8.86. The Morgan fingerprint density at radius 2 is 2.47 bits per heavy atom. The van der Waals surface area contributed by atoms with Crippen LogP contribution in [0.2, 0.25) is 0 Å². The zero-order chi connectivity index (χ0) is 10.8. The summed E-state index contributed by atoms with van der Waals surface area (Å²) in [6.07, 6.45) is 5.47. The number of nitrogen functional groups attached to an aromatic ring is 1. The van der Waals surface area contributed by atoms with E-state index >= 15 is 0 Å². The molecule has 1 aliphatic heterocycles. The van der Waals surface area contributed by atoms with Crippen LogP contribution in [0.25, 0.3) is 0 Å². The van der Waals surface area contributed by atoms with Crippen molar-refractivity contribution in [2.75, 3.05) is 11.4 Å². The largest absolute Gasteiger partial charge is 0.383 e. The second kappa shape index (κ2) is 4.18. The molecule has 1 saturated heterocycles. The van der Waals surface area contributed by atoms with Gasteiger partial charge in [0.05, 0.1) is 11.1 Å². The Balaban J connectivity index is 2.17. The summed E-state index contributed by atoms with van der Waals surface area (Å²) in [5.74, 6) is 0.114. The van der Waals surface area contributed by atoms with Crippen molar-refractivity contribution in [3.8, 4) is 0 Å². The molecule has 5 heteroatoms. The number of piperidine rings is 1. The van der Waals surface area contributed by atoms with Gasteiger partial charge in [-0.05, 0) is 26.2 Å². The minimum Gasteiger partial charge on any atom is -0.383 e. The molecule has 0 saturated carbocycles. The van der Waals surface area contributed by atoms with Gasteiger partial charge in [0, 0.05) is 12.6 Å². The normalized spacial score (nSPS) is 21.7. The molecular weight excluding hydrogens is 208 g/mol. The fourth-order valence-electron chi connectivity index (χ4n) is 1.90. The van der Waals surface area contributed by atoms with E-state index in [0.29, 0.717) is 6.04 Å². The predicted octanol–water partition coefficient (Wildman–Crippen LogP) is 1.81. The fourth-order valence-corrected chi connectivity index (χ4v) is 2.81. The van der Waals surface area contributed by atoms with Gasteiger partial charge in [0.2, 0.25) is 0 Å². The van der Waals surface area contributed by atoms with Crippen molar-refractivity contribution >= 4 is 22.3 Å². The number of anilines is 1. The third-order valence-corrected chi connectivity index (χ3v) is 3.88. The lowest BCUT2D eigenvalue weighted by molar-refractivity contribution is 0.484. The monoisotopic (exact) mass is 224 g/mol. The first kappa shape index (κ1) is 10.4. The molecule has 82 valence electrons. The highest BCUT2D eigenvalue weighted by Crippen LogP contribution is 2.28. The van der Waals surface area contributed by atoms with Crippen LogP contribution in [0.15, 0.2) is 6.20 Å². The molecule has 3 N–H and O–H groups in total. The summed E-state index contributed by atoms with van der Waals surface area (Å²) >= 11 is 1.52.